The molecule has 34 heavy (non-hydrogen) atoms. The number of rotatable bonds is 7. The Bertz CT molecular complexity index is 1090. The summed E-state index contributed by atoms with van der Waals surface area (Å²) >= 11 is 0. The van der Waals surface area contributed by atoms with E-state index in [4.69, 9.17) is 0 Å². The molecule has 6 heteroatoms. The van der Waals surface area contributed by atoms with Gasteiger partial charge in [0.25, 0.3) is 0 Å². The lowest BCUT2D eigenvalue weighted by atomic mass is 10.2. The maximum atomic E-state index is 13.2. The third-order valence-electron chi connectivity index (χ3n) is 5.22. The first-order valence-electron chi connectivity index (χ1n) is 11.1. The number of para-hydroxylation sites is 4. The van der Waals surface area contributed by atoms with E-state index in [1.165, 1.54) is 0 Å². The molecule has 170 valence electrons. The third-order valence-corrected chi connectivity index (χ3v) is 5.22. The van der Waals surface area contributed by atoms with E-state index >= 15 is 0 Å². The Morgan fingerprint density at radius 1 is 0.471 bits per heavy atom. The zero-order valence-electron chi connectivity index (χ0n) is 18.7. The fraction of sp³-hybridized carbons (Fsp3) is 0.0714. The van der Waals surface area contributed by atoms with Crippen molar-refractivity contribution < 1.29 is 9.59 Å². The van der Waals surface area contributed by atoms with Crippen molar-refractivity contribution in [1.29, 1.82) is 0 Å². The average Bonchev–Trinajstić information content (AvgIpc) is 2.89. The fourth-order valence-corrected chi connectivity index (χ4v) is 3.54. The zero-order chi connectivity index (χ0) is 23.6. The summed E-state index contributed by atoms with van der Waals surface area (Å²) in [7, 11) is 0. The van der Waals surface area contributed by atoms with E-state index in [-0.39, 0.29) is 12.1 Å². The lowest BCUT2D eigenvalue weighted by Gasteiger charge is -2.28. The van der Waals surface area contributed by atoms with Gasteiger partial charge in [-0.1, -0.05) is 72.8 Å². The Morgan fingerprint density at radius 3 is 1.09 bits per heavy atom. The second-order valence-electron chi connectivity index (χ2n) is 7.57. The van der Waals surface area contributed by atoms with Gasteiger partial charge in [0.1, 0.15) is 0 Å². The number of urea groups is 2. The third kappa shape index (κ3) is 6.01. The van der Waals surface area contributed by atoms with E-state index in [0.717, 1.165) is 11.4 Å². The van der Waals surface area contributed by atoms with E-state index in [1.54, 1.807) is 9.80 Å². The molecule has 0 saturated heterocycles. The number of nitrogens with zero attached hydrogens (tertiary/aromatic N) is 2. The Labute approximate surface area is 199 Å². The second-order valence-corrected chi connectivity index (χ2v) is 7.57. The number of hydrogen-bond donors (Lipinski definition) is 2. The Hall–Kier alpha value is -4.58. The SMILES string of the molecule is O=C(Nc1ccccc1)N(CCN(C(=O)Nc1ccccc1)c1ccccc1)c1ccccc1. The quantitative estimate of drug-likeness (QED) is 0.339. The van der Waals surface area contributed by atoms with Crippen LogP contribution in [-0.2, 0) is 0 Å². The predicted molar refractivity (Wildman–Crippen MR) is 138 cm³/mol. The molecule has 0 heterocycles. The summed E-state index contributed by atoms with van der Waals surface area (Å²) in [5.41, 5.74) is 2.89. The minimum absolute atomic E-state index is 0.270. The van der Waals surface area contributed by atoms with Crippen molar-refractivity contribution in [3.05, 3.63) is 121 Å². The highest BCUT2D eigenvalue weighted by Gasteiger charge is 2.21. The molecule has 4 amide bonds. The molecule has 0 saturated carbocycles. The van der Waals surface area contributed by atoms with Crippen LogP contribution in [0.2, 0.25) is 0 Å². The van der Waals surface area contributed by atoms with Crippen molar-refractivity contribution in [2.45, 2.75) is 0 Å². The lowest BCUT2D eigenvalue weighted by molar-refractivity contribution is 0.254. The van der Waals surface area contributed by atoms with Crippen molar-refractivity contribution >= 4 is 34.8 Å². The van der Waals surface area contributed by atoms with E-state index < -0.39 is 0 Å². The summed E-state index contributed by atoms with van der Waals surface area (Å²) in [6.07, 6.45) is 0. The van der Waals surface area contributed by atoms with Crippen LogP contribution in [-0.4, -0.2) is 25.2 Å². The van der Waals surface area contributed by atoms with Gasteiger partial charge in [-0.25, -0.2) is 9.59 Å². The molecular weight excluding hydrogens is 424 g/mol. The van der Waals surface area contributed by atoms with Crippen LogP contribution < -0.4 is 20.4 Å². The number of carbonyl (C=O) groups excluding carboxylic acids is 2. The first-order valence-corrected chi connectivity index (χ1v) is 11.1. The van der Waals surface area contributed by atoms with Crippen LogP contribution in [0.1, 0.15) is 0 Å². The number of carbonyl (C=O) groups is 2. The number of anilines is 4. The summed E-state index contributed by atoms with van der Waals surface area (Å²) in [6, 6.07) is 36.9. The van der Waals surface area contributed by atoms with Crippen LogP contribution in [0.25, 0.3) is 0 Å². The molecule has 4 aromatic rings. The van der Waals surface area contributed by atoms with Gasteiger partial charge in [0.05, 0.1) is 0 Å². The summed E-state index contributed by atoms with van der Waals surface area (Å²) in [4.78, 5) is 29.7. The molecule has 0 aliphatic carbocycles. The van der Waals surface area contributed by atoms with Crippen molar-refractivity contribution in [2.75, 3.05) is 33.5 Å². The summed E-state index contributed by atoms with van der Waals surface area (Å²) in [5.74, 6) is 0. The maximum absolute atomic E-state index is 13.2. The van der Waals surface area contributed by atoms with Gasteiger partial charge in [0, 0.05) is 35.8 Å². The predicted octanol–water partition coefficient (Wildman–Crippen LogP) is 6.46. The first kappa shape index (κ1) is 22.6. The van der Waals surface area contributed by atoms with Gasteiger partial charge in [-0.3, -0.25) is 9.80 Å². The largest absolute Gasteiger partial charge is 0.326 e. The van der Waals surface area contributed by atoms with E-state index in [0.29, 0.717) is 24.5 Å². The van der Waals surface area contributed by atoms with E-state index in [2.05, 4.69) is 10.6 Å². The molecule has 0 aliphatic rings. The van der Waals surface area contributed by atoms with Crippen molar-refractivity contribution in [2.24, 2.45) is 0 Å². The summed E-state index contributed by atoms with van der Waals surface area (Å²) in [5, 5.41) is 5.88. The second kappa shape index (κ2) is 11.3. The molecule has 2 N–H and O–H groups in total. The zero-order valence-corrected chi connectivity index (χ0v) is 18.7. The highest BCUT2D eigenvalue weighted by Crippen LogP contribution is 2.19. The Morgan fingerprint density at radius 2 is 0.765 bits per heavy atom. The van der Waals surface area contributed by atoms with Gasteiger partial charge in [0.2, 0.25) is 0 Å². The van der Waals surface area contributed by atoms with E-state index in [1.807, 2.05) is 121 Å². The molecule has 6 nitrogen and oxygen atoms in total. The number of nitrogens with one attached hydrogen (secondary N) is 2. The minimum atomic E-state index is -0.270. The van der Waals surface area contributed by atoms with Gasteiger partial charge >= 0.3 is 12.1 Å². The average molecular weight is 451 g/mol. The molecule has 0 aromatic heterocycles. The van der Waals surface area contributed by atoms with Gasteiger partial charge in [-0.15, -0.1) is 0 Å². The molecule has 0 fully saturated rings. The monoisotopic (exact) mass is 450 g/mol. The number of amides is 4. The summed E-state index contributed by atoms with van der Waals surface area (Å²) in [6.45, 7) is 0.583. The topological polar surface area (TPSA) is 64.7 Å². The molecule has 0 bridgehead atoms. The molecule has 0 spiro atoms. The number of hydrogen-bond acceptors (Lipinski definition) is 2. The van der Waals surface area contributed by atoms with Gasteiger partial charge in [-0.2, -0.15) is 0 Å². The standard InChI is InChI=1S/C28H26N4O2/c33-27(29-23-13-5-1-6-14-23)31(25-17-9-3-10-18-25)21-22-32(26-19-11-4-12-20-26)28(34)30-24-15-7-2-8-16-24/h1-20H,21-22H2,(H,29,33)(H,30,34). The highest BCUT2D eigenvalue weighted by atomic mass is 16.2. The van der Waals surface area contributed by atoms with Crippen LogP contribution in [0.4, 0.5) is 32.3 Å². The van der Waals surface area contributed by atoms with Crippen molar-refractivity contribution in [3.63, 3.8) is 0 Å². The fourth-order valence-electron chi connectivity index (χ4n) is 3.54. The van der Waals surface area contributed by atoms with E-state index in [9.17, 15) is 9.59 Å². The van der Waals surface area contributed by atoms with Gasteiger partial charge < -0.3 is 10.6 Å². The van der Waals surface area contributed by atoms with Crippen LogP contribution in [0.15, 0.2) is 121 Å². The smallest absolute Gasteiger partial charge is 0.308 e. The van der Waals surface area contributed by atoms with Crippen LogP contribution in [0.3, 0.4) is 0 Å². The van der Waals surface area contributed by atoms with Gasteiger partial charge in [0.15, 0.2) is 0 Å². The van der Waals surface area contributed by atoms with Crippen molar-refractivity contribution in [1.82, 2.24) is 0 Å². The lowest BCUT2D eigenvalue weighted by Crippen LogP contribution is -2.44. The van der Waals surface area contributed by atoms with Crippen molar-refractivity contribution in [3.8, 4) is 0 Å². The highest BCUT2D eigenvalue weighted by molar-refractivity contribution is 6.03. The molecule has 4 rings (SSSR count). The molecule has 0 radical (unpaired) electrons. The van der Waals surface area contributed by atoms with Crippen LogP contribution >= 0.6 is 0 Å². The van der Waals surface area contributed by atoms with Crippen LogP contribution in [0.5, 0.6) is 0 Å². The summed E-state index contributed by atoms with van der Waals surface area (Å²) < 4.78 is 0. The number of benzene rings is 4. The Balaban J connectivity index is 1.55. The maximum Gasteiger partial charge on any atom is 0.326 e. The molecule has 0 aliphatic heterocycles. The minimum Gasteiger partial charge on any atom is -0.308 e. The molecule has 0 atom stereocenters. The Kier molecular flexibility index (Phi) is 7.54. The molecular formula is C28H26N4O2. The first-order chi connectivity index (χ1) is 16.7. The van der Waals surface area contributed by atoms with Gasteiger partial charge in [-0.05, 0) is 48.5 Å². The molecule has 4 aromatic carbocycles. The van der Waals surface area contributed by atoms with Crippen LogP contribution in [0, 0.1) is 0 Å². The normalized spacial score (nSPS) is 10.2. The molecule has 0 unspecified atom stereocenters.